The molecule has 5 nitrogen and oxygen atoms in total. The van der Waals surface area contributed by atoms with Gasteiger partial charge in [0, 0.05) is 38.5 Å². The summed E-state index contributed by atoms with van der Waals surface area (Å²) in [4.78, 5) is 6.67. The zero-order valence-corrected chi connectivity index (χ0v) is 12.8. The summed E-state index contributed by atoms with van der Waals surface area (Å²) in [6, 6.07) is 4.05. The van der Waals surface area contributed by atoms with E-state index in [0.29, 0.717) is 13.2 Å². The van der Waals surface area contributed by atoms with Gasteiger partial charge in [0.15, 0.2) is 0 Å². The fourth-order valence-corrected chi connectivity index (χ4v) is 1.83. The van der Waals surface area contributed by atoms with Gasteiger partial charge in [0.2, 0.25) is 0 Å². The lowest BCUT2D eigenvalue weighted by Gasteiger charge is -2.23. The summed E-state index contributed by atoms with van der Waals surface area (Å²) in [5.74, 6) is 0.939. The third kappa shape index (κ3) is 5.86. The first-order valence-corrected chi connectivity index (χ1v) is 7.31. The van der Waals surface area contributed by atoms with E-state index >= 15 is 0 Å². The number of hydrogen-bond acceptors (Lipinski definition) is 5. The maximum absolute atomic E-state index is 5.84. The largest absolute Gasteiger partial charge is 0.380 e. The Labute approximate surface area is 122 Å². The minimum atomic E-state index is 0.0110. The van der Waals surface area contributed by atoms with Crippen LogP contribution in [0, 0.1) is 0 Å². The number of nitrogens with zero attached hydrogens (tertiary/aromatic N) is 2. The van der Waals surface area contributed by atoms with Gasteiger partial charge < -0.3 is 20.1 Å². The molecule has 0 aliphatic rings. The Morgan fingerprint density at radius 3 is 2.15 bits per heavy atom. The molecule has 0 amide bonds. The molecule has 1 atom stereocenters. The van der Waals surface area contributed by atoms with Crippen LogP contribution >= 0.6 is 0 Å². The number of pyridine rings is 1. The van der Waals surface area contributed by atoms with Crippen LogP contribution in [0.15, 0.2) is 18.3 Å². The number of aromatic nitrogens is 1. The van der Waals surface area contributed by atoms with E-state index in [1.54, 1.807) is 0 Å². The molecule has 1 unspecified atom stereocenters. The standard InChI is InChI=1S/C15H27N3O2/c1-4-19-10-8-18(9-11-20-5-2)15-7-6-14(12-17-15)13(3)16/h6-7,12-13H,4-5,8-11,16H2,1-3H3. The predicted octanol–water partition coefficient (Wildman–Crippen LogP) is 1.98. The number of ether oxygens (including phenoxy) is 2. The van der Waals surface area contributed by atoms with Crippen LogP contribution in [0.2, 0.25) is 0 Å². The van der Waals surface area contributed by atoms with Crippen LogP contribution in [0.3, 0.4) is 0 Å². The van der Waals surface area contributed by atoms with E-state index < -0.39 is 0 Å². The van der Waals surface area contributed by atoms with Gasteiger partial charge in [0.1, 0.15) is 5.82 Å². The van der Waals surface area contributed by atoms with E-state index in [9.17, 15) is 0 Å². The molecule has 1 aromatic rings. The molecule has 2 N–H and O–H groups in total. The number of anilines is 1. The Balaban J connectivity index is 2.64. The van der Waals surface area contributed by atoms with E-state index in [0.717, 1.165) is 37.7 Å². The highest BCUT2D eigenvalue weighted by Gasteiger charge is 2.08. The molecule has 1 aromatic heterocycles. The van der Waals surface area contributed by atoms with Gasteiger partial charge >= 0.3 is 0 Å². The van der Waals surface area contributed by atoms with Crippen molar-refractivity contribution in [3.05, 3.63) is 23.9 Å². The SMILES string of the molecule is CCOCCN(CCOCC)c1ccc(C(C)N)cn1. The van der Waals surface area contributed by atoms with Crippen LogP contribution in [-0.2, 0) is 9.47 Å². The maximum Gasteiger partial charge on any atom is 0.128 e. The fraction of sp³-hybridized carbons (Fsp3) is 0.667. The Morgan fingerprint density at radius 2 is 1.75 bits per heavy atom. The van der Waals surface area contributed by atoms with E-state index in [2.05, 4.69) is 9.88 Å². The monoisotopic (exact) mass is 281 g/mol. The van der Waals surface area contributed by atoms with Gasteiger partial charge in [-0.15, -0.1) is 0 Å². The normalized spacial score (nSPS) is 12.4. The van der Waals surface area contributed by atoms with E-state index in [1.165, 1.54) is 0 Å². The number of rotatable bonds is 10. The summed E-state index contributed by atoms with van der Waals surface area (Å²) in [7, 11) is 0. The van der Waals surface area contributed by atoms with Crippen molar-refractivity contribution in [1.82, 2.24) is 4.98 Å². The molecule has 0 radical (unpaired) electrons. The molecule has 0 fully saturated rings. The average Bonchev–Trinajstić information content (AvgIpc) is 2.46. The highest BCUT2D eigenvalue weighted by atomic mass is 16.5. The van der Waals surface area contributed by atoms with Crippen molar-refractivity contribution in [1.29, 1.82) is 0 Å². The van der Waals surface area contributed by atoms with Crippen LogP contribution in [0.5, 0.6) is 0 Å². The second kappa shape index (κ2) is 9.69. The molecule has 0 bridgehead atoms. The molecule has 0 spiro atoms. The zero-order chi connectivity index (χ0) is 14.8. The molecular formula is C15H27N3O2. The molecule has 0 aliphatic carbocycles. The highest BCUT2D eigenvalue weighted by molar-refractivity contribution is 5.39. The predicted molar refractivity (Wildman–Crippen MR) is 82.0 cm³/mol. The molecule has 20 heavy (non-hydrogen) atoms. The molecule has 1 rings (SSSR count). The first-order chi connectivity index (χ1) is 9.69. The second-order valence-electron chi connectivity index (χ2n) is 4.62. The van der Waals surface area contributed by atoms with Crippen LogP contribution in [0.1, 0.15) is 32.4 Å². The van der Waals surface area contributed by atoms with Gasteiger partial charge in [0.25, 0.3) is 0 Å². The average molecular weight is 281 g/mol. The summed E-state index contributed by atoms with van der Waals surface area (Å²) < 4.78 is 10.8. The Kier molecular flexibility index (Phi) is 8.18. The molecule has 0 aliphatic heterocycles. The maximum atomic E-state index is 5.84. The molecule has 5 heteroatoms. The molecule has 0 saturated heterocycles. The Morgan fingerprint density at radius 1 is 1.15 bits per heavy atom. The lowest BCUT2D eigenvalue weighted by molar-refractivity contribution is 0.141. The van der Waals surface area contributed by atoms with Gasteiger partial charge in [0.05, 0.1) is 13.2 Å². The van der Waals surface area contributed by atoms with Crippen molar-refractivity contribution >= 4 is 5.82 Å². The van der Waals surface area contributed by atoms with E-state index in [4.69, 9.17) is 15.2 Å². The summed E-state index contributed by atoms with van der Waals surface area (Å²) in [5, 5.41) is 0. The summed E-state index contributed by atoms with van der Waals surface area (Å²) in [5.41, 5.74) is 6.89. The zero-order valence-electron chi connectivity index (χ0n) is 12.8. The topological polar surface area (TPSA) is 60.6 Å². The minimum absolute atomic E-state index is 0.0110. The fourth-order valence-electron chi connectivity index (χ4n) is 1.83. The first kappa shape index (κ1) is 16.9. The van der Waals surface area contributed by atoms with E-state index in [-0.39, 0.29) is 6.04 Å². The summed E-state index contributed by atoms with van der Waals surface area (Å²) >= 11 is 0. The Bertz CT molecular complexity index is 345. The van der Waals surface area contributed by atoms with Crippen molar-refractivity contribution in [2.75, 3.05) is 44.4 Å². The number of nitrogens with two attached hydrogens (primary N) is 1. The second-order valence-corrected chi connectivity index (χ2v) is 4.62. The van der Waals surface area contributed by atoms with Crippen LogP contribution < -0.4 is 10.6 Å². The molecule has 114 valence electrons. The van der Waals surface area contributed by atoms with Crippen LogP contribution in [-0.4, -0.2) is 44.5 Å². The first-order valence-electron chi connectivity index (χ1n) is 7.31. The quantitative estimate of drug-likeness (QED) is 0.665. The minimum Gasteiger partial charge on any atom is -0.380 e. The summed E-state index contributed by atoms with van der Waals surface area (Å²) in [6.45, 7) is 10.4. The van der Waals surface area contributed by atoms with Crippen molar-refractivity contribution < 1.29 is 9.47 Å². The molecule has 1 heterocycles. The lowest BCUT2D eigenvalue weighted by Crippen LogP contribution is -2.31. The van der Waals surface area contributed by atoms with E-state index in [1.807, 2.05) is 39.1 Å². The third-order valence-electron chi connectivity index (χ3n) is 3.04. The number of hydrogen-bond donors (Lipinski definition) is 1. The highest BCUT2D eigenvalue weighted by Crippen LogP contribution is 2.14. The van der Waals surface area contributed by atoms with Gasteiger partial charge in [-0.3, -0.25) is 0 Å². The van der Waals surface area contributed by atoms with Gasteiger partial charge in [-0.25, -0.2) is 4.98 Å². The van der Waals surface area contributed by atoms with Gasteiger partial charge in [-0.1, -0.05) is 6.07 Å². The van der Waals surface area contributed by atoms with Gasteiger partial charge in [-0.05, 0) is 32.4 Å². The molecule has 0 aromatic carbocycles. The Hall–Kier alpha value is -1.17. The lowest BCUT2D eigenvalue weighted by atomic mass is 10.1. The molecular weight excluding hydrogens is 254 g/mol. The van der Waals surface area contributed by atoms with Crippen LogP contribution in [0.4, 0.5) is 5.82 Å². The summed E-state index contributed by atoms with van der Waals surface area (Å²) in [6.07, 6.45) is 1.84. The molecule has 0 saturated carbocycles. The van der Waals surface area contributed by atoms with Crippen molar-refractivity contribution in [2.45, 2.75) is 26.8 Å². The van der Waals surface area contributed by atoms with Crippen LogP contribution in [0.25, 0.3) is 0 Å². The van der Waals surface area contributed by atoms with Crippen molar-refractivity contribution in [2.24, 2.45) is 5.73 Å². The third-order valence-corrected chi connectivity index (χ3v) is 3.04. The van der Waals surface area contributed by atoms with Crippen molar-refractivity contribution in [3.63, 3.8) is 0 Å². The van der Waals surface area contributed by atoms with Gasteiger partial charge in [-0.2, -0.15) is 0 Å². The van der Waals surface area contributed by atoms with Crippen molar-refractivity contribution in [3.8, 4) is 0 Å². The smallest absolute Gasteiger partial charge is 0.128 e.